The second kappa shape index (κ2) is 9.87. The molecule has 0 unspecified atom stereocenters. The number of benzene rings is 1. The average Bonchev–Trinajstić information content (AvgIpc) is 2.83. The summed E-state index contributed by atoms with van der Waals surface area (Å²) < 4.78 is 77.4. The van der Waals surface area contributed by atoms with E-state index in [4.69, 9.17) is 0 Å². The van der Waals surface area contributed by atoms with E-state index in [2.05, 4.69) is 15.0 Å². The number of carbonyl (C=O) groups is 1. The number of aryl methyl sites for hydroxylation is 1. The van der Waals surface area contributed by atoms with Gasteiger partial charge in [0.2, 0.25) is 5.95 Å². The van der Waals surface area contributed by atoms with E-state index in [1.807, 2.05) is 0 Å². The standard InChI is InChI=1S/C24H21F6N5O2/c1-14-6-15(8-16-10-19(24(28,29)30)20(36)31-11-16)9-17(7-14)21(37)34-2-4-35(5-3-34)22-32-12-18(13-33-22)23(25,26)27/h6-7,9-13H,2-5,8H2,1H3,(H,31,36). The van der Waals surface area contributed by atoms with Gasteiger partial charge in [-0.05, 0) is 42.7 Å². The number of H-pyrrole nitrogens is 1. The Bertz CT molecular complexity index is 1340. The molecule has 1 aliphatic heterocycles. The summed E-state index contributed by atoms with van der Waals surface area (Å²) in [4.78, 5) is 37.6. The summed E-state index contributed by atoms with van der Waals surface area (Å²) in [6.45, 7) is 2.94. The van der Waals surface area contributed by atoms with E-state index in [1.165, 1.54) is 6.20 Å². The molecule has 0 atom stereocenters. The largest absolute Gasteiger partial charge is 0.421 e. The molecular formula is C24H21F6N5O2. The van der Waals surface area contributed by atoms with E-state index in [-0.39, 0.29) is 36.9 Å². The van der Waals surface area contributed by atoms with Gasteiger partial charge < -0.3 is 14.8 Å². The van der Waals surface area contributed by atoms with Crippen molar-refractivity contribution in [2.75, 3.05) is 31.1 Å². The maximum absolute atomic E-state index is 13.1. The molecule has 2 aromatic heterocycles. The molecule has 37 heavy (non-hydrogen) atoms. The number of nitrogens with zero attached hydrogens (tertiary/aromatic N) is 4. The fourth-order valence-electron chi connectivity index (χ4n) is 4.09. The average molecular weight is 525 g/mol. The first-order valence-corrected chi connectivity index (χ1v) is 11.1. The van der Waals surface area contributed by atoms with Gasteiger partial charge in [-0.2, -0.15) is 26.3 Å². The van der Waals surface area contributed by atoms with Crippen molar-refractivity contribution < 1.29 is 31.1 Å². The second-order valence-electron chi connectivity index (χ2n) is 8.68. The van der Waals surface area contributed by atoms with Crippen LogP contribution in [0.1, 0.15) is 38.2 Å². The third-order valence-electron chi connectivity index (χ3n) is 5.88. The molecule has 0 aliphatic carbocycles. The molecule has 0 spiro atoms. The predicted octanol–water partition coefficient (Wildman–Crippen LogP) is 4.06. The van der Waals surface area contributed by atoms with E-state index < -0.39 is 29.0 Å². The number of alkyl halides is 6. The number of nitrogens with one attached hydrogen (secondary N) is 1. The maximum Gasteiger partial charge on any atom is 0.421 e. The first-order valence-electron chi connectivity index (χ1n) is 11.1. The minimum absolute atomic E-state index is 0.0703. The van der Waals surface area contributed by atoms with Gasteiger partial charge in [0, 0.05) is 50.3 Å². The number of carbonyl (C=O) groups excluding carboxylic acids is 1. The Kier molecular flexibility index (Phi) is 6.98. The first-order chi connectivity index (χ1) is 17.3. The van der Waals surface area contributed by atoms with Crippen LogP contribution < -0.4 is 10.5 Å². The van der Waals surface area contributed by atoms with Gasteiger partial charge in [-0.25, -0.2) is 9.97 Å². The SMILES string of the molecule is Cc1cc(Cc2c[nH]c(=O)c(C(F)(F)F)c2)cc(C(=O)N2CCN(c3ncc(C(F)(F)F)cn3)CC2)c1. The Labute approximate surface area is 206 Å². The summed E-state index contributed by atoms with van der Waals surface area (Å²) in [7, 11) is 0. The molecule has 1 saturated heterocycles. The van der Waals surface area contributed by atoms with Crippen LogP contribution in [-0.4, -0.2) is 51.9 Å². The fourth-order valence-corrected chi connectivity index (χ4v) is 4.09. The van der Waals surface area contributed by atoms with Crippen molar-refractivity contribution in [1.82, 2.24) is 19.9 Å². The topological polar surface area (TPSA) is 82.2 Å². The van der Waals surface area contributed by atoms with Crippen LogP contribution in [0, 0.1) is 6.92 Å². The molecule has 1 amide bonds. The summed E-state index contributed by atoms with van der Waals surface area (Å²) in [5.41, 5.74) is -1.54. The molecular weight excluding hydrogens is 504 g/mol. The smallest absolute Gasteiger partial charge is 0.337 e. The molecule has 1 fully saturated rings. The Morgan fingerprint density at radius 3 is 2.16 bits per heavy atom. The zero-order chi connectivity index (χ0) is 27.0. The van der Waals surface area contributed by atoms with Gasteiger partial charge in [0.05, 0.1) is 5.56 Å². The van der Waals surface area contributed by atoms with Gasteiger partial charge in [0.15, 0.2) is 0 Å². The quantitative estimate of drug-likeness (QED) is 0.520. The van der Waals surface area contributed by atoms with Crippen molar-refractivity contribution in [3.63, 3.8) is 0 Å². The minimum atomic E-state index is -4.79. The molecule has 0 radical (unpaired) electrons. The summed E-state index contributed by atoms with van der Waals surface area (Å²) in [6, 6.07) is 5.81. The number of amides is 1. The van der Waals surface area contributed by atoms with Crippen molar-refractivity contribution in [3.8, 4) is 0 Å². The van der Waals surface area contributed by atoms with Crippen LogP contribution in [0.2, 0.25) is 0 Å². The molecule has 1 aromatic carbocycles. The normalized spacial score (nSPS) is 14.7. The molecule has 1 aliphatic rings. The predicted molar refractivity (Wildman–Crippen MR) is 121 cm³/mol. The molecule has 3 aromatic rings. The van der Waals surface area contributed by atoms with Gasteiger partial charge in [0.1, 0.15) is 5.56 Å². The van der Waals surface area contributed by atoms with Crippen LogP contribution in [0.3, 0.4) is 0 Å². The van der Waals surface area contributed by atoms with E-state index in [0.29, 0.717) is 36.6 Å². The lowest BCUT2D eigenvalue weighted by atomic mass is 9.99. The van der Waals surface area contributed by atoms with Crippen LogP contribution in [-0.2, 0) is 18.8 Å². The third kappa shape index (κ3) is 6.09. The zero-order valence-electron chi connectivity index (χ0n) is 19.5. The number of pyridine rings is 1. The van der Waals surface area contributed by atoms with E-state index in [1.54, 1.807) is 34.9 Å². The van der Waals surface area contributed by atoms with Crippen LogP contribution in [0.5, 0.6) is 0 Å². The highest BCUT2D eigenvalue weighted by atomic mass is 19.4. The number of hydrogen-bond acceptors (Lipinski definition) is 5. The van der Waals surface area contributed by atoms with Gasteiger partial charge in [-0.3, -0.25) is 9.59 Å². The highest BCUT2D eigenvalue weighted by Crippen LogP contribution is 2.29. The molecule has 7 nitrogen and oxygen atoms in total. The Hall–Kier alpha value is -3.90. The fraction of sp³-hybridized carbons (Fsp3) is 0.333. The number of anilines is 1. The monoisotopic (exact) mass is 525 g/mol. The molecule has 0 bridgehead atoms. The van der Waals surface area contributed by atoms with Crippen LogP contribution in [0.25, 0.3) is 0 Å². The Morgan fingerprint density at radius 1 is 0.919 bits per heavy atom. The maximum atomic E-state index is 13.1. The lowest BCUT2D eigenvalue weighted by Crippen LogP contribution is -2.49. The van der Waals surface area contributed by atoms with Crippen molar-refractivity contribution in [2.24, 2.45) is 0 Å². The summed E-state index contributed by atoms with van der Waals surface area (Å²) in [6.07, 6.45) is -6.60. The molecule has 1 N–H and O–H groups in total. The van der Waals surface area contributed by atoms with Gasteiger partial charge >= 0.3 is 12.4 Å². The van der Waals surface area contributed by atoms with Crippen molar-refractivity contribution in [1.29, 1.82) is 0 Å². The lowest BCUT2D eigenvalue weighted by Gasteiger charge is -2.34. The molecule has 3 heterocycles. The molecule has 0 saturated carbocycles. The third-order valence-corrected chi connectivity index (χ3v) is 5.88. The minimum Gasteiger partial charge on any atom is -0.337 e. The van der Waals surface area contributed by atoms with Crippen LogP contribution >= 0.6 is 0 Å². The van der Waals surface area contributed by atoms with Crippen molar-refractivity contribution in [2.45, 2.75) is 25.7 Å². The Morgan fingerprint density at radius 2 is 1.57 bits per heavy atom. The van der Waals surface area contributed by atoms with Crippen LogP contribution in [0.4, 0.5) is 32.3 Å². The molecule has 13 heteroatoms. The summed E-state index contributed by atoms with van der Waals surface area (Å²) in [5.74, 6) is -0.146. The van der Waals surface area contributed by atoms with Gasteiger partial charge in [-0.15, -0.1) is 0 Å². The number of aromatic amines is 1. The molecule has 196 valence electrons. The second-order valence-corrected chi connectivity index (χ2v) is 8.68. The highest BCUT2D eigenvalue weighted by molar-refractivity contribution is 5.94. The van der Waals surface area contributed by atoms with E-state index >= 15 is 0 Å². The summed E-state index contributed by atoms with van der Waals surface area (Å²) in [5, 5.41) is 0. The lowest BCUT2D eigenvalue weighted by molar-refractivity contribution is -0.139. The zero-order valence-corrected chi connectivity index (χ0v) is 19.5. The molecule has 4 rings (SSSR count). The van der Waals surface area contributed by atoms with E-state index in [0.717, 1.165) is 11.6 Å². The number of piperazine rings is 1. The van der Waals surface area contributed by atoms with Gasteiger partial charge in [0.25, 0.3) is 11.5 Å². The van der Waals surface area contributed by atoms with Gasteiger partial charge in [-0.1, -0.05) is 11.6 Å². The Balaban J connectivity index is 1.45. The number of rotatable bonds is 4. The van der Waals surface area contributed by atoms with Crippen LogP contribution in [0.15, 0.2) is 47.7 Å². The first kappa shape index (κ1) is 26.2. The van der Waals surface area contributed by atoms with Crippen molar-refractivity contribution in [3.05, 3.63) is 86.6 Å². The number of halogens is 6. The summed E-state index contributed by atoms with van der Waals surface area (Å²) >= 11 is 0. The van der Waals surface area contributed by atoms with Crippen molar-refractivity contribution >= 4 is 11.9 Å². The number of aromatic nitrogens is 3. The highest BCUT2D eigenvalue weighted by Gasteiger charge is 2.34. The van der Waals surface area contributed by atoms with E-state index in [9.17, 15) is 35.9 Å². The number of hydrogen-bond donors (Lipinski definition) is 1.